The van der Waals surface area contributed by atoms with E-state index in [-0.39, 0.29) is 11.3 Å². The van der Waals surface area contributed by atoms with Crippen LogP contribution in [-0.4, -0.2) is 24.0 Å². The van der Waals surface area contributed by atoms with E-state index >= 15 is 0 Å². The van der Waals surface area contributed by atoms with E-state index in [4.69, 9.17) is 0 Å². The monoisotopic (exact) mass is 265 g/mol. The molecule has 2 rings (SSSR count). The number of piperidine rings is 1. The van der Waals surface area contributed by atoms with Crippen LogP contribution in [0.3, 0.4) is 0 Å². The Morgan fingerprint density at radius 2 is 2.21 bits per heavy atom. The van der Waals surface area contributed by atoms with Crippen molar-refractivity contribution in [2.24, 2.45) is 5.41 Å². The first-order chi connectivity index (χ1) is 9.16. The molecule has 104 valence electrons. The number of carbonyl (C=O) groups is 1. The molecule has 1 aliphatic heterocycles. The highest BCUT2D eigenvalue weighted by atomic mass is 19.1. The fourth-order valence-corrected chi connectivity index (χ4v) is 2.69. The number of nitrogens with one attached hydrogen (secondary N) is 2. The van der Waals surface area contributed by atoms with Crippen LogP contribution in [-0.2, 0) is 4.79 Å². The third kappa shape index (κ3) is 3.29. The van der Waals surface area contributed by atoms with E-state index in [1.165, 1.54) is 12.3 Å². The maximum atomic E-state index is 12.7. The SMILES string of the molecule is CCCC1(C(=O)Nc2ccc(F)nc2)CCNCC1. The summed E-state index contributed by atoms with van der Waals surface area (Å²) < 4.78 is 12.7. The number of anilines is 1. The minimum absolute atomic E-state index is 0.0317. The molecule has 2 N–H and O–H groups in total. The van der Waals surface area contributed by atoms with Gasteiger partial charge in [0, 0.05) is 0 Å². The summed E-state index contributed by atoms with van der Waals surface area (Å²) in [5, 5.41) is 6.15. The van der Waals surface area contributed by atoms with Gasteiger partial charge in [-0.3, -0.25) is 4.79 Å². The zero-order valence-corrected chi connectivity index (χ0v) is 11.2. The standard InChI is InChI=1S/C14H20FN3O/c1-2-5-14(6-8-16-9-7-14)13(19)18-11-3-4-12(15)17-10-11/h3-4,10,16H,2,5-9H2,1H3,(H,18,19). The topological polar surface area (TPSA) is 54.0 Å². The molecular weight excluding hydrogens is 245 g/mol. The van der Waals surface area contributed by atoms with Gasteiger partial charge in [-0.1, -0.05) is 13.3 Å². The van der Waals surface area contributed by atoms with Crippen LogP contribution in [0.25, 0.3) is 0 Å². The lowest BCUT2D eigenvalue weighted by Gasteiger charge is -2.36. The van der Waals surface area contributed by atoms with Crippen molar-refractivity contribution >= 4 is 11.6 Å². The summed E-state index contributed by atoms with van der Waals surface area (Å²) in [4.78, 5) is 16.1. The van der Waals surface area contributed by atoms with Gasteiger partial charge in [-0.25, -0.2) is 4.98 Å². The molecule has 0 aromatic carbocycles. The number of hydrogen-bond acceptors (Lipinski definition) is 3. The Morgan fingerprint density at radius 1 is 1.47 bits per heavy atom. The van der Waals surface area contributed by atoms with Gasteiger partial charge in [-0.05, 0) is 44.5 Å². The summed E-state index contributed by atoms with van der Waals surface area (Å²) in [6, 6.07) is 2.80. The first kappa shape index (κ1) is 13.9. The minimum Gasteiger partial charge on any atom is -0.324 e. The highest BCUT2D eigenvalue weighted by Crippen LogP contribution is 2.35. The van der Waals surface area contributed by atoms with Gasteiger partial charge >= 0.3 is 0 Å². The highest BCUT2D eigenvalue weighted by molar-refractivity contribution is 5.95. The van der Waals surface area contributed by atoms with Crippen LogP contribution in [0.5, 0.6) is 0 Å². The van der Waals surface area contributed by atoms with Crippen molar-refractivity contribution in [3.63, 3.8) is 0 Å². The number of hydrogen-bond donors (Lipinski definition) is 2. The van der Waals surface area contributed by atoms with Crippen LogP contribution in [0.4, 0.5) is 10.1 Å². The first-order valence-electron chi connectivity index (χ1n) is 6.80. The molecule has 0 radical (unpaired) electrons. The van der Waals surface area contributed by atoms with Crippen LogP contribution in [0.1, 0.15) is 32.6 Å². The third-order valence-electron chi connectivity index (χ3n) is 3.76. The molecule has 1 amide bonds. The number of halogens is 1. The van der Waals surface area contributed by atoms with Crippen molar-refractivity contribution in [2.45, 2.75) is 32.6 Å². The average molecular weight is 265 g/mol. The van der Waals surface area contributed by atoms with Crippen LogP contribution in [0.2, 0.25) is 0 Å². The highest BCUT2D eigenvalue weighted by Gasteiger charge is 2.38. The summed E-state index contributed by atoms with van der Waals surface area (Å²) in [5.74, 6) is -0.507. The maximum Gasteiger partial charge on any atom is 0.230 e. The lowest BCUT2D eigenvalue weighted by molar-refractivity contribution is -0.127. The molecule has 0 bridgehead atoms. The van der Waals surface area contributed by atoms with Crippen molar-refractivity contribution < 1.29 is 9.18 Å². The molecule has 0 atom stereocenters. The Morgan fingerprint density at radius 3 is 2.79 bits per heavy atom. The molecule has 1 saturated heterocycles. The number of amides is 1. The normalized spacial score (nSPS) is 18.0. The van der Waals surface area contributed by atoms with Crippen molar-refractivity contribution in [3.05, 3.63) is 24.3 Å². The Balaban J connectivity index is 2.09. The van der Waals surface area contributed by atoms with Crippen molar-refractivity contribution in [1.82, 2.24) is 10.3 Å². The molecule has 1 fully saturated rings. The van der Waals surface area contributed by atoms with E-state index in [0.717, 1.165) is 38.8 Å². The van der Waals surface area contributed by atoms with Crippen LogP contribution >= 0.6 is 0 Å². The quantitative estimate of drug-likeness (QED) is 0.822. The summed E-state index contributed by atoms with van der Waals surface area (Å²) in [7, 11) is 0. The lowest BCUT2D eigenvalue weighted by Crippen LogP contribution is -2.44. The molecule has 19 heavy (non-hydrogen) atoms. The van der Waals surface area contributed by atoms with Gasteiger partial charge in [0.05, 0.1) is 17.3 Å². The summed E-state index contributed by atoms with van der Waals surface area (Å²) in [6.45, 7) is 3.83. The molecule has 0 unspecified atom stereocenters. The van der Waals surface area contributed by atoms with Gasteiger partial charge in [0.25, 0.3) is 0 Å². The number of carbonyl (C=O) groups excluding carboxylic acids is 1. The maximum absolute atomic E-state index is 12.7. The van der Waals surface area contributed by atoms with E-state index in [2.05, 4.69) is 22.5 Å². The molecule has 5 heteroatoms. The smallest absolute Gasteiger partial charge is 0.230 e. The second-order valence-corrected chi connectivity index (χ2v) is 5.10. The second-order valence-electron chi connectivity index (χ2n) is 5.10. The molecular formula is C14H20FN3O. The summed E-state index contributed by atoms with van der Waals surface area (Å²) >= 11 is 0. The van der Waals surface area contributed by atoms with Crippen LogP contribution < -0.4 is 10.6 Å². The third-order valence-corrected chi connectivity index (χ3v) is 3.76. The fraction of sp³-hybridized carbons (Fsp3) is 0.571. The van der Waals surface area contributed by atoms with Gasteiger partial charge in [0.15, 0.2) is 0 Å². The Bertz CT molecular complexity index is 421. The van der Waals surface area contributed by atoms with Gasteiger partial charge in [-0.2, -0.15) is 4.39 Å². The van der Waals surface area contributed by atoms with E-state index in [0.29, 0.717) is 5.69 Å². The fourth-order valence-electron chi connectivity index (χ4n) is 2.69. The van der Waals surface area contributed by atoms with Crippen molar-refractivity contribution in [1.29, 1.82) is 0 Å². The van der Waals surface area contributed by atoms with Crippen LogP contribution in [0, 0.1) is 11.4 Å². The molecule has 0 spiro atoms. The Kier molecular flexibility index (Phi) is 4.47. The molecule has 2 heterocycles. The number of rotatable bonds is 4. The Labute approximate surface area is 112 Å². The zero-order valence-electron chi connectivity index (χ0n) is 11.2. The van der Waals surface area contributed by atoms with E-state index in [9.17, 15) is 9.18 Å². The molecule has 1 aliphatic rings. The summed E-state index contributed by atoms with van der Waals surface area (Å²) in [6.07, 6.45) is 4.92. The summed E-state index contributed by atoms with van der Waals surface area (Å²) in [5.41, 5.74) is 0.259. The predicted molar refractivity (Wildman–Crippen MR) is 72.3 cm³/mol. The number of aromatic nitrogens is 1. The van der Waals surface area contributed by atoms with E-state index in [1.807, 2.05) is 0 Å². The van der Waals surface area contributed by atoms with Crippen molar-refractivity contribution in [3.8, 4) is 0 Å². The lowest BCUT2D eigenvalue weighted by atomic mass is 9.74. The molecule has 1 aromatic heterocycles. The van der Waals surface area contributed by atoms with Gasteiger partial charge in [0.2, 0.25) is 11.9 Å². The molecule has 4 nitrogen and oxygen atoms in total. The van der Waals surface area contributed by atoms with Crippen LogP contribution in [0.15, 0.2) is 18.3 Å². The molecule has 0 aliphatic carbocycles. The predicted octanol–water partition coefficient (Wildman–Crippen LogP) is 2.33. The minimum atomic E-state index is -0.539. The van der Waals surface area contributed by atoms with Crippen molar-refractivity contribution in [2.75, 3.05) is 18.4 Å². The van der Waals surface area contributed by atoms with E-state index < -0.39 is 5.95 Å². The van der Waals surface area contributed by atoms with Gasteiger partial charge < -0.3 is 10.6 Å². The molecule has 0 saturated carbocycles. The van der Waals surface area contributed by atoms with E-state index in [1.54, 1.807) is 6.07 Å². The Hall–Kier alpha value is -1.49. The van der Waals surface area contributed by atoms with Gasteiger partial charge in [-0.15, -0.1) is 0 Å². The largest absolute Gasteiger partial charge is 0.324 e. The second kappa shape index (κ2) is 6.10. The number of nitrogens with zero attached hydrogens (tertiary/aromatic N) is 1. The van der Waals surface area contributed by atoms with Gasteiger partial charge in [0.1, 0.15) is 0 Å². The number of pyridine rings is 1. The first-order valence-corrected chi connectivity index (χ1v) is 6.80. The zero-order chi connectivity index (χ0) is 13.7. The average Bonchev–Trinajstić information content (AvgIpc) is 2.43. The molecule has 1 aromatic rings.